The lowest BCUT2D eigenvalue weighted by Crippen LogP contribution is -2.51. The molecule has 1 aliphatic heterocycles. The summed E-state index contributed by atoms with van der Waals surface area (Å²) in [5.41, 5.74) is 7.25. The van der Waals surface area contributed by atoms with Crippen molar-refractivity contribution < 1.29 is 13.2 Å². The number of benzene rings is 1. The number of aryl methyl sites for hydroxylation is 1. The van der Waals surface area contributed by atoms with Gasteiger partial charge in [-0.25, -0.2) is 13.1 Å². The van der Waals surface area contributed by atoms with Crippen LogP contribution >= 0.6 is 12.4 Å². The molecule has 25 heavy (non-hydrogen) atoms. The molecule has 1 aliphatic rings. The first-order valence-electron chi connectivity index (χ1n) is 8.44. The molecule has 0 aliphatic carbocycles. The summed E-state index contributed by atoms with van der Waals surface area (Å²) in [6, 6.07) is 4.58. The number of sulfonamides is 1. The van der Waals surface area contributed by atoms with E-state index < -0.39 is 10.0 Å². The highest BCUT2D eigenvalue weighted by molar-refractivity contribution is 7.89. The summed E-state index contributed by atoms with van der Waals surface area (Å²) in [6.07, 6.45) is 2.89. The average molecular weight is 390 g/mol. The number of carbonyl (C=O) groups excluding carboxylic acids is 1. The molecule has 1 aromatic rings. The number of rotatable bonds is 5. The molecule has 142 valence electrons. The van der Waals surface area contributed by atoms with Gasteiger partial charge in [0.2, 0.25) is 10.0 Å². The fraction of sp³-hybridized carbons (Fsp3) is 0.588. The van der Waals surface area contributed by atoms with Crippen LogP contribution in [0.1, 0.15) is 49.0 Å². The Labute approximate surface area is 156 Å². The number of nitrogens with one attached hydrogen (secondary N) is 1. The van der Waals surface area contributed by atoms with Gasteiger partial charge in [0.15, 0.2) is 0 Å². The van der Waals surface area contributed by atoms with Crippen molar-refractivity contribution in [3.8, 4) is 0 Å². The van der Waals surface area contributed by atoms with Crippen molar-refractivity contribution in [1.82, 2.24) is 9.62 Å². The first kappa shape index (κ1) is 21.9. The number of halogens is 1. The normalized spacial score (nSPS) is 19.2. The molecule has 1 heterocycles. The van der Waals surface area contributed by atoms with Gasteiger partial charge in [0.05, 0.1) is 4.90 Å². The molecule has 1 fully saturated rings. The Morgan fingerprint density at radius 1 is 1.40 bits per heavy atom. The molecule has 0 radical (unpaired) electrons. The summed E-state index contributed by atoms with van der Waals surface area (Å²) < 4.78 is 26.9. The highest BCUT2D eigenvalue weighted by Gasteiger charge is 2.31. The van der Waals surface area contributed by atoms with Crippen molar-refractivity contribution in [1.29, 1.82) is 0 Å². The zero-order valence-electron chi connectivity index (χ0n) is 15.0. The van der Waals surface area contributed by atoms with Gasteiger partial charge in [-0.05, 0) is 50.8 Å². The van der Waals surface area contributed by atoms with Crippen LogP contribution in [0.3, 0.4) is 0 Å². The molecule has 2 rings (SSSR count). The Morgan fingerprint density at radius 2 is 2.08 bits per heavy atom. The summed E-state index contributed by atoms with van der Waals surface area (Å²) in [4.78, 5) is 15.0. The van der Waals surface area contributed by atoms with Crippen molar-refractivity contribution in [2.45, 2.75) is 57.0 Å². The van der Waals surface area contributed by atoms with Crippen LogP contribution in [0.5, 0.6) is 0 Å². The van der Waals surface area contributed by atoms with E-state index in [4.69, 9.17) is 5.73 Å². The lowest BCUT2D eigenvalue weighted by molar-refractivity contribution is 0.0583. The monoisotopic (exact) mass is 389 g/mol. The third-order valence-electron chi connectivity index (χ3n) is 4.50. The summed E-state index contributed by atoms with van der Waals surface area (Å²) in [6.45, 7) is 6.42. The summed E-state index contributed by atoms with van der Waals surface area (Å²) in [5, 5.41) is 0. The predicted octanol–water partition coefficient (Wildman–Crippen LogP) is 2.06. The molecule has 1 aromatic carbocycles. The summed E-state index contributed by atoms with van der Waals surface area (Å²) in [7, 11) is -3.59. The molecule has 1 saturated heterocycles. The molecule has 1 amide bonds. The predicted molar refractivity (Wildman–Crippen MR) is 102 cm³/mol. The first-order valence-corrected chi connectivity index (χ1v) is 9.93. The second-order valence-corrected chi connectivity index (χ2v) is 8.17. The highest BCUT2D eigenvalue weighted by Crippen LogP contribution is 2.24. The Balaban J connectivity index is 0.00000312. The molecular weight excluding hydrogens is 362 g/mol. The van der Waals surface area contributed by atoms with E-state index in [-0.39, 0.29) is 35.3 Å². The Hall–Kier alpha value is -1.15. The fourth-order valence-electron chi connectivity index (χ4n) is 3.18. The van der Waals surface area contributed by atoms with E-state index in [0.29, 0.717) is 18.7 Å². The molecule has 0 bridgehead atoms. The lowest BCUT2D eigenvalue weighted by Gasteiger charge is -2.38. The van der Waals surface area contributed by atoms with E-state index in [0.717, 1.165) is 24.8 Å². The minimum Gasteiger partial charge on any atom is -0.334 e. The van der Waals surface area contributed by atoms with Crippen LogP contribution in [-0.4, -0.2) is 44.4 Å². The van der Waals surface area contributed by atoms with Crippen LogP contribution in [0.25, 0.3) is 0 Å². The van der Waals surface area contributed by atoms with Crippen LogP contribution in [-0.2, 0) is 10.0 Å². The third kappa shape index (κ3) is 4.94. The van der Waals surface area contributed by atoms with Gasteiger partial charge in [0, 0.05) is 30.7 Å². The van der Waals surface area contributed by atoms with E-state index in [1.165, 1.54) is 12.1 Å². The largest absolute Gasteiger partial charge is 0.334 e. The maximum Gasteiger partial charge on any atom is 0.254 e. The topological polar surface area (TPSA) is 92.5 Å². The number of hydrogen-bond acceptors (Lipinski definition) is 4. The fourth-order valence-corrected chi connectivity index (χ4v) is 4.25. The van der Waals surface area contributed by atoms with Crippen LogP contribution in [0.4, 0.5) is 0 Å². The van der Waals surface area contributed by atoms with Gasteiger partial charge in [-0.15, -0.1) is 12.4 Å². The number of likely N-dealkylation sites (tertiary alicyclic amines) is 1. The van der Waals surface area contributed by atoms with Crippen molar-refractivity contribution >= 4 is 28.3 Å². The second kappa shape index (κ2) is 8.98. The molecule has 3 N–H and O–H groups in total. The average Bonchev–Trinajstić information content (AvgIpc) is 2.54. The Morgan fingerprint density at radius 3 is 2.68 bits per heavy atom. The lowest BCUT2D eigenvalue weighted by atomic mass is 9.95. The number of amides is 1. The highest BCUT2D eigenvalue weighted by atomic mass is 35.5. The van der Waals surface area contributed by atoms with Gasteiger partial charge in [-0.1, -0.05) is 13.0 Å². The van der Waals surface area contributed by atoms with Crippen molar-refractivity contribution in [2.75, 3.05) is 13.1 Å². The minimum atomic E-state index is -3.59. The van der Waals surface area contributed by atoms with E-state index >= 15 is 0 Å². The van der Waals surface area contributed by atoms with Gasteiger partial charge in [0.25, 0.3) is 5.91 Å². The van der Waals surface area contributed by atoms with Gasteiger partial charge in [-0.2, -0.15) is 0 Å². The smallest absolute Gasteiger partial charge is 0.254 e. The summed E-state index contributed by atoms with van der Waals surface area (Å²) >= 11 is 0. The zero-order chi connectivity index (χ0) is 17.9. The minimum absolute atomic E-state index is 0. The van der Waals surface area contributed by atoms with Crippen LogP contribution in [0.15, 0.2) is 23.1 Å². The van der Waals surface area contributed by atoms with Crippen LogP contribution < -0.4 is 10.5 Å². The van der Waals surface area contributed by atoms with Gasteiger partial charge < -0.3 is 10.6 Å². The van der Waals surface area contributed by atoms with Crippen molar-refractivity contribution in [2.24, 2.45) is 5.73 Å². The molecule has 0 spiro atoms. The first-order chi connectivity index (χ1) is 11.3. The van der Waals surface area contributed by atoms with E-state index in [1.54, 1.807) is 17.9 Å². The number of carbonyl (C=O) groups is 1. The van der Waals surface area contributed by atoms with E-state index in [1.807, 2.05) is 13.8 Å². The van der Waals surface area contributed by atoms with E-state index in [9.17, 15) is 13.2 Å². The molecule has 2 unspecified atom stereocenters. The molecule has 6 nitrogen and oxygen atoms in total. The molecule has 0 saturated carbocycles. The zero-order valence-corrected chi connectivity index (χ0v) is 16.6. The number of piperidine rings is 1. The van der Waals surface area contributed by atoms with Crippen LogP contribution in [0.2, 0.25) is 0 Å². The maximum absolute atomic E-state index is 13.0. The van der Waals surface area contributed by atoms with Gasteiger partial charge in [0.1, 0.15) is 0 Å². The van der Waals surface area contributed by atoms with Gasteiger partial charge >= 0.3 is 0 Å². The van der Waals surface area contributed by atoms with Crippen molar-refractivity contribution in [3.63, 3.8) is 0 Å². The second-order valence-electron chi connectivity index (χ2n) is 6.40. The molecule has 0 aromatic heterocycles. The Kier molecular flexibility index (Phi) is 7.87. The van der Waals surface area contributed by atoms with Crippen molar-refractivity contribution in [3.05, 3.63) is 29.3 Å². The number of nitrogens with two attached hydrogens (primary N) is 1. The maximum atomic E-state index is 13.0. The molecular formula is C17H28ClN3O3S. The van der Waals surface area contributed by atoms with Gasteiger partial charge in [-0.3, -0.25) is 4.79 Å². The van der Waals surface area contributed by atoms with Crippen LogP contribution in [0, 0.1) is 6.92 Å². The quantitative estimate of drug-likeness (QED) is 0.806. The SMILES string of the molecule is CCNS(=O)(=O)c1ccc(C)c(C(=O)N2CCCCC2C(C)N)c1.Cl. The van der Waals surface area contributed by atoms with E-state index in [2.05, 4.69) is 4.72 Å². The molecule has 2 atom stereocenters. The number of hydrogen-bond donors (Lipinski definition) is 2. The Bertz CT molecular complexity index is 707. The third-order valence-corrected chi connectivity index (χ3v) is 6.04. The standard InChI is InChI=1S/C17H27N3O3S.ClH/c1-4-19-24(22,23)14-9-8-12(2)15(11-14)17(21)20-10-6-5-7-16(20)13(3)18;/h8-9,11,13,16,19H,4-7,10,18H2,1-3H3;1H. The number of nitrogens with zero attached hydrogens (tertiary/aromatic N) is 1. The molecule has 8 heteroatoms. The summed E-state index contributed by atoms with van der Waals surface area (Å²) in [5.74, 6) is -0.136.